The van der Waals surface area contributed by atoms with Crippen molar-refractivity contribution in [3.8, 4) is 33.9 Å². The Morgan fingerprint density at radius 2 is 1.63 bits per heavy atom. The van der Waals surface area contributed by atoms with E-state index in [1.54, 1.807) is 50.7 Å². The van der Waals surface area contributed by atoms with Gasteiger partial charge in [-0.3, -0.25) is 4.79 Å². The van der Waals surface area contributed by atoms with Gasteiger partial charge in [0.2, 0.25) is 5.91 Å². The largest absolute Gasteiger partial charge is 0.493 e. The molecule has 1 amide bonds. The Labute approximate surface area is 252 Å². The molecule has 10 heteroatoms. The summed E-state index contributed by atoms with van der Waals surface area (Å²) < 4.78 is 52.6. The van der Waals surface area contributed by atoms with E-state index in [2.05, 4.69) is 5.32 Å². The Morgan fingerprint density at radius 3 is 2.35 bits per heavy atom. The summed E-state index contributed by atoms with van der Waals surface area (Å²) in [6.45, 7) is 0.436. The van der Waals surface area contributed by atoms with Gasteiger partial charge < -0.3 is 19.2 Å². The summed E-state index contributed by atoms with van der Waals surface area (Å²) in [4.78, 5) is 17.7. The van der Waals surface area contributed by atoms with Crippen LogP contribution in [0.15, 0.2) is 85.1 Å². The predicted octanol–water partition coefficient (Wildman–Crippen LogP) is 7.65. The van der Waals surface area contributed by atoms with Crippen LogP contribution in [0.4, 0.5) is 13.2 Å². The first-order valence-corrected chi connectivity index (χ1v) is 14.0. The van der Waals surface area contributed by atoms with Crippen molar-refractivity contribution in [2.75, 3.05) is 20.8 Å². The molecule has 0 radical (unpaired) electrons. The van der Waals surface area contributed by atoms with Crippen molar-refractivity contribution in [1.29, 1.82) is 0 Å². The van der Waals surface area contributed by atoms with Crippen molar-refractivity contribution in [3.63, 3.8) is 0 Å². The second-order valence-corrected chi connectivity index (χ2v) is 10.4. The molecular weight excluding hydrogens is 579 g/mol. The average Bonchev–Trinajstić information content (AvgIpc) is 3.37. The van der Waals surface area contributed by atoms with Crippen LogP contribution >= 0.6 is 11.6 Å². The van der Waals surface area contributed by atoms with Gasteiger partial charge >= 0.3 is 6.18 Å². The molecule has 0 aliphatic carbocycles. The first-order valence-electron chi connectivity index (χ1n) is 13.6. The highest BCUT2D eigenvalue weighted by Gasteiger charge is 2.30. The number of alkyl halides is 3. The van der Waals surface area contributed by atoms with Crippen LogP contribution in [0, 0.1) is 0 Å². The lowest BCUT2D eigenvalue weighted by Gasteiger charge is -2.11. The Bertz CT molecular complexity index is 1750. The molecule has 3 aromatic carbocycles. The van der Waals surface area contributed by atoms with E-state index in [4.69, 9.17) is 26.1 Å². The Balaban J connectivity index is 1.38. The fourth-order valence-corrected chi connectivity index (χ4v) is 5.05. The fraction of sp³-hybridized carbons (Fsp3) is 0.212. The molecule has 0 atom stereocenters. The van der Waals surface area contributed by atoms with E-state index >= 15 is 0 Å². The van der Waals surface area contributed by atoms with Crippen LogP contribution in [0.1, 0.15) is 23.2 Å². The van der Waals surface area contributed by atoms with Crippen molar-refractivity contribution in [2.24, 2.45) is 0 Å². The van der Waals surface area contributed by atoms with Gasteiger partial charge in [0.25, 0.3) is 0 Å². The third-order valence-corrected chi connectivity index (χ3v) is 7.38. The Morgan fingerprint density at radius 1 is 0.884 bits per heavy atom. The van der Waals surface area contributed by atoms with E-state index in [9.17, 15) is 18.0 Å². The summed E-state index contributed by atoms with van der Waals surface area (Å²) in [5.74, 6) is 1.13. The molecule has 0 saturated carbocycles. The summed E-state index contributed by atoms with van der Waals surface area (Å²) in [5, 5.41) is 3.55. The lowest BCUT2D eigenvalue weighted by molar-refractivity contribution is -0.137. The third-order valence-electron chi connectivity index (χ3n) is 7.13. The number of aryl methyl sites for hydroxylation is 1. The lowest BCUT2D eigenvalue weighted by atomic mass is 10.0. The molecule has 0 unspecified atom stereocenters. The maximum Gasteiger partial charge on any atom is 0.416 e. The van der Waals surface area contributed by atoms with Gasteiger partial charge in [-0.2, -0.15) is 13.2 Å². The summed E-state index contributed by atoms with van der Waals surface area (Å²) in [6.07, 6.45) is -1.53. The van der Waals surface area contributed by atoms with Crippen LogP contribution in [0.2, 0.25) is 5.02 Å². The number of hydrogen-bond acceptors (Lipinski definition) is 4. The number of methoxy groups -OCH3 is 2. The van der Waals surface area contributed by atoms with Crippen molar-refractivity contribution in [1.82, 2.24) is 14.7 Å². The SMILES string of the molecule is COc1ccc(CCNC(=O)CCc2c(-c3ccc(Cl)cc3)nc3ccc(-c4cccc(C(F)(F)F)c4)cn23)cc1OC. The fourth-order valence-electron chi connectivity index (χ4n) is 4.92. The summed E-state index contributed by atoms with van der Waals surface area (Å²) >= 11 is 6.11. The number of fused-ring (bicyclic) bond motifs is 1. The Kier molecular flexibility index (Phi) is 8.92. The number of aromatic nitrogens is 2. The number of amides is 1. The zero-order valence-corrected chi connectivity index (χ0v) is 24.3. The molecule has 0 saturated heterocycles. The number of carbonyl (C=O) groups is 1. The standard InChI is InChI=1S/C33H29ClF3N3O3/c1-42-28-13-6-21(18-29(28)43-2)16-17-38-31(41)15-12-27-32(22-7-10-26(34)11-8-22)39-30-14-9-24(20-40(27)30)23-4-3-5-25(19-23)33(35,36)37/h3-11,13-14,18-20H,12,15-17H2,1-2H3,(H,38,41). The highest BCUT2D eigenvalue weighted by molar-refractivity contribution is 6.30. The van der Waals surface area contributed by atoms with E-state index in [-0.39, 0.29) is 12.3 Å². The molecule has 0 aliphatic heterocycles. The normalized spacial score (nSPS) is 11.5. The number of carbonyl (C=O) groups excluding carboxylic acids is 1. The van der Waals surface area contributed by atoms with Gasteiger partial charge in [0, 0.05) is 29.7 Å². The van der Waals surface area contributed by atoms with Crippen LogP contribution in [-0.4, -0.2) is 36.1 Å². The van der Waals surface area contributed by atoms with E-state index < -0.39 is 11.7 Å². The molecular formula is C33H29ClF3N3O3. The number of halogens is 4. The van der Waals surface area contributed by atoms with Gasteiger partial charge in [-0.1, -0.05) is 41.9 Å². The number of nitrogens with one attached hydrogen (secondary N) is 1. The second-order valence-electron chi connectivity index (χ2n) is 9.93. The first kappa shape index (κ1) is 30.0. The van der Waals surface area contributed by atoms with Crippen molar-refractivity contribution in [2.45, 2.75) is 25.4 Å². The van der Waals surface area contributed by atoms with Crippen LogP contribution in [0.5, 0.6) is 11.5 Å². The summed E-state index contributed by atoms with van der Waals surface area (Å²) in [5.41, 5.74) is 4.17. The second kappa shape index (κ2) is 12.8. The molecule has 0 bridgehead atoms. The van der Waals surface area contributed by atoms with Crippen LogP contribution in [0.3, 0.4) is 0 Å². The van der Waals surface area contributed by atoms with Crippen LogP contribution in [-0.2, 0) is 23.8 Å². The Hall–Kier alpha value is -4.50. The number of rotatable bonds is 10. The minimum atomic E-state index is -4.45. The quantitative estimate of drug-likeness (QED) is 0.177. The van der Waals surface area contributed by atoms with E-state index in [1.807, 2.05) is 34.7 Å². The maximum absolute atomic E-state index is 13.4. The minimum Gasteiger partial charge on any atom is -0.493 e. The van der Waals surface area contributed by atoms with Gasteiger partial charge in [0.1, 0.15) is 5.65 Å². The molecule has 2 aromatic heterocycles. The lowest BCUT2D eigenvalue weighted by Crippen LogP contribution is -2.26. The monoisotopic (exact) mass is 607 g/mol. The summed E-state index contributed by atoms with van der Waals surface area (Å²) in [6, 6.07) is 21.6. The van der Waals surface area contributed by atoms with Gasteiger partial charge in [0.15, 0.2) is 11.5 Å². The molecule has 5 rings (SSSR count). The maximum atomic E-state index is 13.4. The van der Waals surface area contributed by atoms with Crippen molar-refractivity contribution >= 4 is 23.2 Å². The highest BCUT2D eigenvalue weighted by Crippen LogP contribution is 2.33. The zero-order valence-electron chi connectivity index (χ0n) is 23.5. The smallest absolute Gasteiger partial charge is 0.416 e. The number of benzene rings is 3. The molecule has 0 fully saturated rings. The number of hydrogen-bond donors (Lipinski definition) is 1. The van der Waals surface area contributed by atoms with Gasteiger partial charge in [-0.15, -0.1) is 0 Å². The van der Waals surface area contributed by atoms with Gasteiger partial charge in [-0.25, -0.2) is 4.98 Å². The van der Waals surface area contributed by atoms with Crippen molar-refractivity contribution in [3.05, 3.63) is 107 Å². The van der Waals surface area contributed by atoms with E-state index in [0.717, 1.165) is 29.0 Å². The first-order chi connectivity index (χ1) is 20.7. The van der Waals surface area contributed by atoms with Gasteiger partial charge in [0.05, 0.1) is 31.2 Å². The van der Waals surface area contributed by atoms with Gasteiger partial charge in [-0.05, 0) is 78.1 Å². The molecule has 1 N–H and O–H groups in total. The van der Waals surface area contributed by atoms with E-state index in [1.165, 1.54) is 6.07 Å². The molecule has 5 aromatic rings. The molecule has 2 heterocycles. The molecule has 0 spiro atoms. The third kappa shape index (κ3) is 6.94. The highest BCUT2D eigenvalue weighted by atomic mass is 35.5. The number of pyridine rings is 1. The predicted molar refractivity (Wildman–Crippen MR) is 161 cm³/mol. The number of ether oxygens (including phenoxy) is 2. The molecule has 6 nitrogen and oxygen atoms in total. The number of nitrogens with zero attached hydrogens (tertiary/aromatic N) is 2. The average molecular weight is 608 g/mol. The van der Waals surface area contributed by atoms with Crippen LogP contribution < -0.4 is 14.8 Å². The zero-order chi connectivity index (χ0) is 30.6. The van der Waals surface area contributed by atoms with E-state index in [0.29, 0.717) is 58.4 Å². The molecule has 0 aliphatic rings. The number of imidazole rings is 1. The molecule has 43 heavy (non-hydrogen) atoms. The summed E-state index contributed by atoms with van der Waals surface area (Å²) in [7, 11) is 3.15. The van der Waals surface area contributed by atoms with Crippen molar-refractivity contribution < 1.29 is 27.4 Å². The van der Waals surface area contributed by atoms with Crippen LogP contribution in [0.25, 0.3) is 28.0 Å². The minimum absolute atomic E-state index is 0.133. The topological polar surface area (TPSA) is 64.9 Å². The molecule has 222 valence electrons.